The lowest BCUT2D eigenvalue weighted by molar-refractivity contribution is 0.0841. The lowest BCUT2D eigenvalue weighted by atomic mass is 9.84. The van der Waals surface area contributed by atoms with Crippen LogP contribution in [-0.4, -0.2) is 29.5 Å². The molecule has 4 nitrogen and oxygen atoms in total. The number of anilines is 1. The van der Waals surface area contributed by atoms with Crippen molar-refractivity contribution in [2.75, 3.05) is 25.1 Å². The number of rotatable bonds is 1. The van der Waals surface area contributed by atoms with Crippen LogP contribution in [0.4, 0.5) is 5.82 Å². The van der Waals surface area contributed by atoms with Crippen LogP contribution in [0.5, 0.6) is 0 Å². The molecule has 19 heavy (non-hydrogen) atoms. The molecule has 1 aromatic rings. The highest BCUT2D eigenvalue weighted by atomic mass is 16.5. The van der Waals surface area contributed by atoms with Crippen molar-refractivity contribution in [3.05, 3.63) is 11.8 Å². The molecule has 0 saturated carbocycles. The zero-order valence-electron chi connectivity index (χ0n) is 12.3. The molecule has 0 aliphatic carbocycles. The zero-order valence-corrected chi connectivity index (χ0v) is 12.3. The van der Waals surface area contributed by atoms with Gasteiger partial charge in [-0.25, -0.2) is 4.68 Å². The molecule has 0 aromatic carbocycles. The predicted octanol–water partition coefficient (Wildman–Crippen LogP) is 3.18. The summed E-state index contributed by atoms with van der Waals surface area (Å²) in [6.45, 7) is 9.74. The average Bonchev–Trinajstić information content (AvgIpc) is 2.82. The molecule has 1 saturated heterocycles. The van der Waals surface area contributed by atoms with Crippen molar-refractivity contribution in [3.8, 4) is 0 Å². The van der Waals surface area contributed by atoms with Crippen molar-refractivity contribution in [3.63, 3.8) is 0 Å². The van der Waals surface area contributed by atoms with Crippen LogP contribution in [0, 0.1) is 5.41 Å². The molecule has 106 valence electrons. The second-order valence-electron chi connectivity index (χ2n) is 6.88. The van der Waals surface area contributed by atoms with Crippen LogP contribution in [0.15, 0.2) is 6.07 Å². The fourth-order valence-corrected chi connectivity index (χ4v) is 3.23. The second kappa shape index (κ2) is 4.82. The minimum atomic E-state index is 0.260. The highest BCUT2D eigenvalue weighted by Crippen LogP contribution is 2.39. The van der Waals surface area contributed by atoms with Gasteiger partial charge in [0.2, 0.25) is 0 Å². The molecule has 2 aliphatic rings. The first-order valence-corrected chi connectivity index (χ1v) is 7.47. The third-order valence-electron chi connectivity index (χ3n) is 4.41. The monoisotopic (exact) mass is 263 g/mol. The topological polar surface area (TPSA) is 39.1 Å². The largest absolute Gasteiger partial charge is 0.381 e. The number of nitrogens with one attached hydrogen (secondary N) is 1. The number of aromatic nitrogens is 2. The summed E-state index contributed by atoms with van der Waals surface area (Å²) in [5, 5.41) is 8.41. The Morgan fingerprint density at radius 3 is 2.68 bits per heavy atom. The van der Waals surface area contributed by atoms with E-state index in [9.17, 15) is 0 Å². The fourth-order valence-electron chi connectivity index (χ4n) is 3.23. The molecule has 1 aromatic heterocycles. The molecule has 2 aliphatic heterocycles. The molecule has 1 fully saturated rings. The van der Waals surface area contributed by atoms with Gasteiger partial charge in [0.15, 0.2) is 0 Å². The van der Waals surface area contributed by atoms with Gasteiger partial charge in [-0.1, -0.05) is 20.8 Å². The van der Waals surface area contributed by atoms with E-state index in [1.807, 2.05) is 0 Å². The summed E-state index contributed by atoms with van der Waals surface area (Å²) in [6.07, 6.45) is 3.37. The summed E-state index contributed by atoms with van der Waals surface area (Å²) < 4.78 is 7.68. The van der Waals surface area contributed by atoms with Crippen molar-refractivity contribution < 1.29 is 4.74 Å². The Kier molecular flexibility index (Phi) is 3.29. The van der Waals surface area contributed by atoms with E-state index >= 15 is 0 Å². The van der Waals surface area contributed by atoms with Crippen LogP contribution in [0.3, 0.4) is 0 Å². The van der Waals surface area contributed by atoms with E-state index in [4.69, 9.17) is 9.84 Å². The number of nitrogens with zero attached hydrogens (tertiary/aromatic N) is 2. The van der Waals surface area contributed by atoms with Gasteiger partial charge in [0.1, 0.15) is 5.82 Å². The Hall–Kier alpha value is -1.03. The van der Waals surface area contributed by atoms with Crippen LogP contribution >= 0.6 is 0 Å². The molecule has 1 atom stereocenters. The molecule has 1 unspecified atom stereocenters. The van der Waals surface area contributed by atoms with E-state index in [1.165, 1.54) is 11.5 Å². The van der Waals surface area contributed by atoms with E-state index < -0.39 is 0 Å². The molecule has 3 heterocycles. The van der Waals surface area contributed by atoms with Crippen LogP contribution in [0.25, 0.3) is 0 Å². The smallest absolute Gasteiger partial charge is 0.124 e. The van der Waals surface area contributed by atoms with Crippen molar-refractivity contribution in [1.29, 1.82) is 0 Å². The summed E-state index contributed by atoms with van der Waals surface area (Å²) in [4.78, 5) is 0. The number of fused-ring (bicyclic) bond motifs is 1. The highest BCUT2D eigenvalue weighted by molar-refractivity contribution is 5.40. The maximum Gasteiger partial charge on any atom is 0.124 e. The summed E-state index contributed by atoms with van der Waals surface area (Å²) in [6, 6.07) is 2.76. The standard InChI is InChI=1S/C15H25N3O/c1-15(2,3)13-4-7-16-14-10-12(17-18(13)14)11-5-8-19-9-6-11/h10-11,13,16H,4-9H2,1-3H3. The second-order valence-corrected chi connectivity index (χ2v) is 6.88. The van der Waals surface area contributed by atoms with Gasteiger partial charge >= 0.3 is 0 Å². The van der Waals surface area contributed by atoms with Gasteiger partial charge in [0.25, 0.3) is 0 Å². The Morgan fingerprint density at radius 2 is 2.00 bits per heavy atom. The quantitative estimate of drug-likeness (QED) is 0.846. The molecule has 0 spiro atoms. The lowest BCUT2D eigenvalue weighted by Crippen LogP contribution is -2.32. The molecule has 0 radical (unpaired) electrons. The Labute approximate surface area is 115 Å². The molecule has 1 N–H and O–H groups in total. The van der Waals surface area contributed by atoms with Gasteiger partial charge in [0.05, 0.1) is 11.7 Å². The molecule has 3 rings (SSSR count). The average molecular weight is 263 g/mol. The van der Waals surface area contributed by atoms with Gasteiger partial charge < -0.3 is 10.1 Å². The predicted molar refractivity (Wildman–Crippen MR) is 76.6 cm³/mol. The highest BCUT2D eigenvalue weighted by Gasteiger charge is 2.32. The van der Waals surface area contributed by atoms with E-state index in [0.29, 0.717) is 12.0 Å². The third-order valence-corrected chi connectivity index (χ3v) is 4.41. The summed E-state index contributed by atoms with van der Waals surface area (Å²) in [5.41, 5.74) is 1.51. The van der Waals surface area contributed by atoms with Crippen LogP contribution in [-0.2, 0) is 4.74 Å². The normalized spacial score (nSPS) is 24.9. The van der Waals surface area contributed by atoms with Gasteiger partial charge in [-0.15, -0.1) is 0 Å². The number of hydrogen-bond donors (Lipinski definition) is 1. The van der Waals surface area contributed by atoms with Gasteiger partial charge in [-0.3, -0.25) is 0 Å². The van der Waals surface area contributed by atoms with Crippen molar-refractivity contribution in [1.82, 2.24) is 9.78 Å². The SMILES string of the molecule is CC(C)(C)C1CCNc2cc(C3CCOCC3)nn21. The van der Waals surface area contributed by atoms with Gasteiger partial charge in [-0.05, 0) is 24.7 Å². The van der Waals surface area contributed by atoms with E-state index in [2.05, 4.69) is 36.8 Å². The third kappa shape index (κ3) is 2.50. The van der Waals surface area contributed by atoms with Gasteiger partial charge in [-0.2, -0.15) is 5.10 Å². The Bertz CT molecular complexity index is 441. The summed E-state index contributed by atoms with van der Waals surface area (Å²) in [5.74, 6) is 1.78. The maximum atomic E-state index is 5.45. The summed E-state index contributed by atoms with van der Waals surface area (Å²) >= 11 is 0. The van der Waals surface area contributed by atoms with E-state index in [-0.39, 0.29) is 5.41 Å². The molecule has 0 amide bonds. The zero-order chi connectivity index (χ0) is 13.5. The number of hydrogen-bond acceptors (Lipinski definition) is 3. The maximum absolute atomic E-state index is 5.45. The summed E-state index contributed by atoms with van der Waals surface area (Å²) in [7, 11) is 0. The van der Waals surface area contributed by atoms with Crippen LogP contribution in [0.2, 0.25) is 0 Å². The molecule has 4 heteroatoms. The van der Waals surface area contributed by atoms with E-state index in [0.717, 1.165) is 39.0 Å². The first-order valence-electron chi connectivity index (χ1n) is 7.47. The first kappa shape index (κ1) is 13.0. The number of ether oxygens (including phenoxy) is 1. The molecular weight excluding hydrogens is 238 g/mol. The Morgan fingerprint density at radius 1 is 1.26 bits per heavy atom. The van der Waals surface area contributed by atoms with Crippen LogP contribution in [0.1, 0.15) is 57.7 Å². The van der Waals surface area contributed by atoms with Gasteiger partial charge in [0, 0.05) is 31.7 Å². The Balaban J connectivity index is 1.88. The van der Waals surface area contributed by atoms with Crippen molar-refractivity contribution in [2.24, 2.45) is 5.41 Å². The lowest BCUT2D eigenvalue weighted by Gasteiger charge is -2.35. The molecule has 0 bridgehead atoms. The van der Waals surface area contributed by atoms with Crippen molar-refractivity contribution >= 4 is 5.82 Å². The van der Waals surface area contributed by atoms with Crippen molar-refractivity contribution in [2.45, 2.75) is 52.0 Å². The molecular formula is C15H25N3O. The van der Waals surface area contributed by atoms with E-state index in [1.54, 1.807) is 0 Å². The minimum absolute atomic E-state index is 0.260. The fraction of sp³-hybridized carbons (Fsp3) is 0.800. The minimum Gasteiger partial charge on any atom is -0.381 e. The van der Waals surface area contributed by atoms with Crippen LogP contribution < -0.4 is 5.32 Å². The first-order chi connectivity index (χ1) is 9.05.